The second-order valence-electron chi connectivity index (χ2n) is 4.22. The molecule has 0 radical (unpaired) electrons. The third-order valence-electron chi connectivity index (χ3n) is 2.93. The van der Waals surface area contributed by atoms with Crippen LogP contribution in [0, 0.1) is 0 Å². The van der Waals surface area contributed by atoms with Crippen LogP contribution in [0.4, 0.5) is 5.69 Å². The number of nitrogens with zero attached hydrogens (tertiary/aromatic N) is 2. The van der Waals surface area contributed by atoms with E-state index in [0.717, 1.165) is 5.56 Å². The van der Waals surface area contributed by atoms with E-state index in [1.807, 2.05) is 19.1 Å². The van der Waals surface area contributed by atoms with Gasteiger partial charge >= 0.3 is 5.97 Å². The van der Waals surface area contributed by atoms with Crippen LogP contribution in [-0.2, 0) is 17.8 Å². The van der Waals surface area contributed by atoms with Gasteiger partial charge in [0.05, 0.1) is 12.8 Å². The first-order valence-corrected chi connectivity index (χ1v) is 6.32. The number of carbonyl (C=O) groups excluding carboxylic acids is 1. The highest BCUT2D eigenvalue weighted by molar-refractivity contribution is 5.93. The van der Waals surface area contributed by atoms with Crippen LogP contribution in [0.15, 0.2) is 30.5 Å². The summed E-state index contributed by atoms with van der Waals surface area (Å²) in [6.07, 6.45) is 1.74. The zero-order valence-electron chi connectivity index (χ0n) is 11.5. The van der Waals surface area contributed by atoms with E-state index in [-0.39, 0.29) is 11.4 Å². The summed E-state index contributed by atoms with van der Waals surface area (Å²) in [4.78, 5) is 11.7. The first kappa shape index (κ1) is 13.9. The lowest BCUT2D eigenvalue weighted by atomic mass is 10.2. The Morgan fingerprint density at radius 3 is 2.85 bits per heavy atom. The summed E-state index contributed by atoms with van der Waals surface area (Å²) in [5.74, 6) is -0.278. The van der Waals surface area contributed by atoms with Gasteiger partial charge in [0.1, 0.15) is 5.75 Å². The number of nitrogens with one attached hydrogen (secondary N) is 1. The van der Waals surface area contributed by atoms with Crippen LogP contribution in [0.5, 0.6) is 5.75 Å². The predicted molar refractivity (Wildman–Crippen MR) is 74.7 cm³/mol. The largest absolute Gasteiger partial charge is 0.508 e. The number of carbonyl (C=O) groups is 1. The number of methoxy groups -OCH3 is 1. The number of rotatable bonds is 5. The normalized spacial score (nSPS) is 10.3. The molecule has 0 aliphatic heterocycles. The number of aromatic hydroxyl groups is 1. The van der Waals surface area contributed by atoms with Gasteiger partial charge in [0.25, 0.3) is 0 Å². The standard InChI is InChI=1S/C14H17N3O3/c1-3-17-9-11(13(16-17)14(19)20-2)15-8-10-6-4-5-7-12(10)18/h4-7,9,15,18H,3,8H2,1-2H3. The molecule has 0 amide bonds. The fourth-order valence-corrected chi connectivity index (χ4v) is 1.81. The van der Waals surface area contributed by atoms with Crippen LogP contribution in [-0.4, -0.2) is 28.0 Å². The molecule has 1 aromatic carbocycles. The van der Waals surface area contributed by atoms with E-state index >= 15 is 0 Å². The van der Waals surface area contributed by atoms with Gasteiger partial charge < -0.3 is 15.2 Å². The van der Waals surface area contributed by atoms with Gasteiger partial charge in [0.2, 0.25) is 0 Å². The predicted octanol–water partition coefficient (Wildman–Crippen LogP) is 2.01. The Labute approximate surface area is 117 Å². The lowest BCUT2D eigenvalue weighted by Crippen LogP contribution is -2.08. The van der Waals surface area contributed by atoms with Gasteiger partial charge in [-0.25, -0.2) is 4.79 Å². The minimum atomic E-state index is -0.489. The third-order valence-corrected chi connectivity index (χ3v) is 2.93. The highest BCUT2D eigenvalue weighted by Gasteiger charge is 2.17. The van der Waals surface area contributed by atoms with E-state index in [1.54, 1.807) is 23.0 Å². The van der Waals surface area contributed by atoms with E-state index in [9.17, 15) is 9.90 Å². The summed E-state index contributed by atoms with van der Waals surface area (Å²) in [6.45, 7) is 2.98. The molecule has 106 valence electrons. The molecule has 0 saturated heterocycles. The number of aryl methyl sites for hydroxylation is 1. The highest BCUT2D eigenvalue weighted by atomic mass is 16.5. The van der Waals surface area contributed by atoms with Gasteiger partial charge in [-0.2, -0.15) is 5.10 Å². The average molecular weight is 275 g/mol. The number of para-hydroxylation sites is 1. The summed E-state index contributed by atoms with van der Waals surface area (Å²) < 4.78 is 6.36. The molecule has 0 aliphatic rings. The van der Waals surface area contributed by atoms with Gasteiger partial charge in [0, 0.05) is 24.8 Å². The van der Waals surface area contributed by atoms with Crippen molar-refractivity contribution in [3.63, 3.8) is 0 Å². The zero-order valence-corrected chi connectivity index (χ0v) is 11.5. The fraction of sp³-hybridized carbons (Fsp3) is 0.286. The van der Waals surface area contributed by atoms with Gasteiger partial charge in [-0.3, -0.25) is 4.68 Å². The number of esters is 1. The minimum Gasteiger partial charge on any atom is -0.508 e. The van der Waals surface area contributed by atoms with Crippen LogP contribution in [0.25, 0.3) is 0 Å². The molecule has 0 spiro atoms. The van der Waals surface area contributed by atoms with E-state index in [2.05, 4.69) is 10.4 Å². The molecule has 0 atom stereocenters. The first-order valence-electron chi connectivity index (χ1n) is 6.32. The molecule has 6 nitrogen and oxygen atoms in total. The van der Waals surface area contributed by atoms with Crippen LogP contribution >= 0.6 is 0 Å². The summed E-state index contributed by atoms with van der Waals surface area (Å²) in [5.41, 5.74) is 1.57. The number of phenolic OH excluding ortho intramolecular Hbond substituents is 1. The Morgan fingerprint density at radius 1 is 1.45 bits per heavy atom. The smallest absolute Gasteiger partial charge is 0.360 e. The summed E-state index contributed by atoms with van der Waals surface area (Å²) in [7, 11) is 1.32. The average Bonchev–Trinajstić information content (AvgIpc) is 2.89. The Bertz CT molecular complexity index is 607. The van der Waals surface area contributed by atoms with Crippen molar-refractivity contribution >= 4 is 11.7 Å². The molecule has 2 aromatic rings. The van der Waals surface area contributed by atoms with Crippen molar-refractivity contribution in [1.82, 2.24) is 9.78 Å². The number of phenols is 1. The molecule has 1 heterocycles. The van der Waals surface area contributed by atoms with Gasteiger partial charge in [-0.15, -0.1) is 0 Å². The number of anilines is 1. The Balaban J connectivity index is 2.18. The Hall–Kier alpha value is -2.50. The van der Waals surface area contributed by atoms with Gasteiger partial charge in [0.15, 0.2) is 5.69 Å². The van der Waals surface area contributed by atoms with Crippen molar-refractivity contribution in [2.45, 2.75) is 20.0 Å². The number of ether oxygens (including phenoxy) is 1. The maximum absolute atomic E-state index is 11.7. The monoisotopic (exact) mass is 275 g/mol. The van der Waals surface area contributed by atoms with Crippen LogP contribution in [0.1, 0.15) is 23.0 Å². The molecule has 0 fully saturated rings. The maximum atomic E-state index is 11.7. The molecular formula is C14H17N3O3. The molecule has 1 aromatic heterocycles. The molecule has 20 heavy (non-hydrogen) atoms. The van der Waals surface area contributed by atoms with Gasteiger partial charge in [-0.05, 0) is 13.0 Å². The number of hydrogen-bond acceptors (Lipinski definition) is 5. The third kappa shape index (κ3) is 2.90. The quantitative estimate of drug-likeness (QED) is 0.816. The molecule has 0 saturated carbocycles. The maximum Gasteiger partial charge on any atom is 0.360 e. The van der Waals surface area contributed by atoms with Crippen LogP contribution < -0.4 is 5.32 Å². The van der Waals surface area contributed by atoms with E-state index in [1.165, 1.54) is 7.11 Å². The fourth-order valence-electron chi connectivity index (χ4n) is 1.81. The van der Waals surface area contributed by atoms with E-state index < -0.39 is 5.97 Å². The minimum absolute atomic E-state index is 0.211. The SMILES string of the molecule is CCn1cc(NCc2ccccc2O)c(C(=O)OC)n1. The van der Waals surface area contributed by atoms with Crippen LogP contribution in [0.2, 0.25) is 0 Å². The van der Waals surface area contributed by atoms with Crippen molar-refractivity contribution in [2.24, 2.45) is 0 Å². The van der Waals surface area contributed by atoms with Crippen molar-refractivity contribution in [2.75, 3.05) is 12.4 Å². The number of aromatic nitrogens is 2. The molecule has 6 heteroatoms. The number of benzene rings is 1. The number of hydrogen-bond donors (Lipinski definition) is 2. The Morgan fingerprint density at radius 2 is 2.20 bits per heavy atom. The molecule has 0 unspecified atom stereocenters. The highest BCUT2D eigenvalue weighted by Crippen LogP contribution is 2.20. The van der Waals surface area contributed by atoms with Gasteiger partial charge in [-0.1, -0.05) is 18.2 Å². The van der Waals surface area contributed by atoms with E-state index in [4.69, 9.17) is 4.74 Å². The lowest BCUT2D eigenvalue weighted by molar-refractivity contribution is 0.0594. The molecule has 2 N–H and O–H groups in total. The van der Waals surface area contributed by atoms with E-state index in [0.29, 0.717) is 18.8 Å². The van der Waals surface area contributed by atoms with Crippen LogP contribution in [0.3, 0.4) is 0 Å². The molecular weight excluding hydrogens is 258 g/mol. The Kier molecular flexibility index (Phi) is 4.24. The summed E-state index contributed by atoms with van der Waals surface area (Å²) in [6, 6.07) is 7.03. The van der Waals surface area contributed by atoms with Crippen molar-refractivity contribution in [3.8, 4) is 5.75 Å². The topological polar surface area (TPSA) is 76.4 Å². The summed E-state index contributed by atoms with van der Waals surface area (Å²) in [5, 5.41) is 17.0. The molecule has 0 bridgehead atoms. The van der Waals surface area contributed by atoms with Crippen molar-refractivity contribution in [3.05, 3.63) is 41.7 Å². The summed E-state index contributed by atoms with van der Waals surface area (Å²) >= 11 is 0. The molecule has 0 aliphatic carbocycles. The van der Waals surface area contributed by atoms with Crippen molar-refractivity contribution < 1.29 is 14.6 Å². The zero-order chi connectivity index (χ0) is 14.5. The molecule has 2 rings (SSSR count). The second kappa shape index (κ2) is 6.10. The first-order chi connectivity index (χ1) is 9.65. The second-order valence-corrected chi connectivity index (χ2v) is 4.22. The van der Waals surface area contributed by atoms with Crippen molar-refractivity contribution in [1.29, 1.82) is 0 Å². The lowest BCUT2D eigenvalue weighted by Gasteiger charge is -2.07.